The Hall–Kier alpha value is -2.05. The molecule has 0 aromatic heterocycles. The molecule has 5 nitrogen and oxygen atoms in total. The summed E-state index contributed by atoms with van der Waals surface area (Å²) in [5, 5.41) is 0. The molecule has 0 saturated carbocycles. The molecule has 150 valence electrons. The van der Waals surface area contributed by atoms with E-state index in [1.807, 2.05) is 32.9 Å². The molecule has 2 aliphatic heterocycles. The third-order valence-corrected chi connectivity index (χ3v) is 5.18. The lowest BCUT2D eigenvalue weighted by Gasteiger charge is -2.34. The molecule has 2 N–H and O–H groups in total. The highest BCUT2D eigenvalue weighted by Gasteiger charge is 2.39. The number of carbonyl (C=O) groups excluding carboxylic acids is 1. The zero-order valence-corrected chi connectivity index (χ0v) is 16.3. The number of rotatable bonds is 2. The highest BCUT2D eigenvalue weighted by Crippen LogP contribution is 2.37. The zero-order valence-electron chi connectivity index (χ0n) is 16.3. The van der Waals surface area contributed by atoms with Crippen LogP contribution in [0, 0.1) is 0 Å². The summed E-state index contributed by atoms with van der Waals surface area (Å²) in [5.74, 6) is -2.37. The van der Waals surface area contributed by atoms with Crippen molar-refractivity contribution >= 4 is 17.5 Å². The Bertz CT molecular complexity index is 695. The maximum absolute atomic E-state index is 13.6. The molecule has 0 unspecified atom stereocenters. The van der Waals surface area contributed by atoms with Gasteiger partial charge in [0.1, 0.15) is 5.60 Å². The van der Waals surface area contributed by atoms with Crippen LogP contribution < -0.4 is 10.6 Å². The van der Waals surface area contributed by atoms with Gasteiger partial charge in [-0.25, -0.2) is 13.6 Å². The van der Waals surface area contributed by atoms with Crippen molar-refractivity contribution < 1.29 is 18.3 Å². The SMILES string of the molecule is CC(C)(C)OC(=O)N1CCC(c2ccc(N)c(N3CCC(F)(F)C3)c2)CC1. The van der Waals surface area contributed by atoms with Crippen LogP contribution in [0.1, 0.15) is 51.5 Å². The number of anilines is 2. The molecule has 3 rings (SSSR count). The fraction of sp³-hybridized carbons (Fsp3) is 0.650. The van der Waals surface area contributed by atoms with Crippen molar-refractivity contribution in [3.05, 3.63) is 23.8 Å². The lowest BCUT2D eigenvalue weighted by atomic mass is 9.89. The first-order valence-electron chi connectivity index (χ1n) is 9.54. The minimum absolute atomic E-state index is 0.134. The molecule has 7 heteroatoms. The fourth-order valence-corrected chi connectivity index (χ4v) is 3.75. The number of benzene rings is 1. The third-order valence-electron chi connectivity index (χ3n) is 5.18. The number of hydrogen-bond donors (Lipinski definition) is 1. The van der Waals surface area contributed by atoms with Gasteiger partial charge in [-0.2, -0.15) is 0 Å². The van der Waals surface area contributed by atoms with Crippen molar-refractivity contribution in [2.75, 3.05) is 36.8 Å². The van der Waals surface area contributed by atoms with Crippen LogP contribution in [0.5, 0.6) is 0 Å². The molecule has 1 aromatic rings. The van der Waals surface area contributed by atoms with E-state index in [9.17, 15) is 13.6 Å². The fourth-order valence-electron chi connectivity index (χ4n) is 3.75. The van der Waals surface area contributed by atoms with Gasteiger partial charge in [0.2, 0.25) is 0 Å². The van der Waals surface area contributed by atoms with Crippen molar-refractivity contribution in [1.29, 1.82) is 0 Å². The van der Waals surface area contributed by atoms with Crippen LogP contribution in [0.25, 0.3) is 0 Å². The molecule has 1 aromatic carbocycles. The summed E-state index contributed by atoms with van der Waals surface area (Å²) in [7, 11) is 0. The van der Waals surface area contributed by atoms with Gasteiger partial charge in [-0.1, -0.05) is 6.07 Å². The highest BCUT2D eigenvalue weighted by atomic mass is 19.3. The summed E-state index contributed by atoms with van der Waals surface area (Å²) in [5.41, 5.74) is 7.87. The topological polar surface area (TPSA) is 58.8 Å². The molecular formula is C20H29F2N3O2. The van der Waals surface area contributed by atoms with Crippen LogP contribution in [0.15, 0.2) is 18.2 Å². The van der Waals surface area contributed by atoms with Gasteiger partial charge in [0, 0.05) is 26.1 Å². The molecule has 0 bridgehead atoms. The van der Waals surface area contributed by atoms with E-state index in [1.165, 1.54) is 0 Å². The van der Waals surface area contributed by atoms with Crippen molar-refractivity contribution in [3.63, 3.8) is 0 Å². The molecule has 0 aliphatic carbocycles. The maximum Gasteiger partial charge on any atom is 0.410 e. The van der Waals surface area contributed by atoms with E-state index >= 15 is 0 Å². The van der Waals surface area contributed by atoms with Crippen molar-refractivity contribution in [2.45, 2.75) is 57.5 Å². The molecule has 0 spiro atoms. The second-order valence-corrected chi connectivity index (χ2v) is 8.59. The van der Waals surface area contributed by atoms with Crippen molar-refractivity contribution in [1.82, 2.24) is 4.90 Å². The van der Waals surface area contributed by atoms with Gasteiger partial charge in [-0.3, -0.25) is 0 Å². The Balaban J connectivity index is 1.65. The summed E-state index contributed by atoms with van der Waals surface area (Å²) in [6.07, 6.45) is 1.22. The van der Waals surface area contributed by atoms with E-state index in [-0.39, 0.29) is 25.0 Å². The monoisotopic (exact) mass is 381 g/mol. The summed E-state index contributed by atoms with van der Waals surface area (Å²) >= 11 is 0. The Labute approximate surface area is 159 Å². The quantitative estimate of drug-likeness (QED) is 0.779. The van der Waals surface area contributed by atoms with Gasteiger partial charge >= 0.3 is 6.09 Å². The molecule has 2 heterocycles. The van der Waals surface area contributed by atoms with Crippen LogP contribution in [-0.4, -0.2) is 48.7 Å². The zero-order chi connectivity index (χ0) is 19.8. The number of nitrogens with two attached hydrogens (primary N) is 1. The number of ether oxygens (including phenoxy) is 1. The van der Waals surface area contributed by atoms with E-state index < -0.39 is 11.5 Å². The van der Waals surface area contributed by atoms with Gasteiger partial charge in [-0.05, 0) is 57.2 Å². The number of hydrogen-bond acceptors (Lipinski definition) is 4. The number of carbonyl (C=O) groups is 1. The standard InChI is InChI=1S/C20H29F2N3O2/c1-19(2,3)27-18(26)24-9-6-14(7-10-24)15-4-5-16(23)17(12-15)25-11-8-20(21,22)13-25/h4-5,12,14H,6-11,13,23H2,1-3H3. The summed E-state index contributed by atoms with van der Waals surface area (Å²) < 4.78 is 32.6. The Morgan fingerprint density at radius 2 is 1.89 bits per heavy atom. The molecule has 27 heavy (non-hydrogen) atoms. The number of alkyl halides is 2. The van der Waals surface area contributed by atoms with Gasteiger partial charge < -0.3 is 20.3 Å². The molecule has 2 saturated heterocycles. The predicted molar refractivity (Wildman–Crippen MR) is 102 cm³/mol. The second-order valence-electron chi connectivity index (χ2n) is 8.59. The average molecular weight is 381 g/mol. The van der Waals surface area contributed by atoms with Crippen LogP contribution >= 0.6 is 0 Å². The first kappa shape index (κ1) is 19.7. The van der Waals surface area contributed by atoms with E-state index in [4.69, 9.17) is 10.5 Å². The normalized spacial score (nSPS) is 20.8. The minimum Gasteiger partial charge on any atom is -0.444 e. The highest BCUT2D eigenvalue weighted by molar-refractivity contribution is 5.70. The first-order chi connectivity index (χ1) is 12.5. The van der Waals surface area contributed by atoms with Crippen LogP contribution in [0.4, 0.5) is 25.0 Å². The number of amides is 1. The minimum atomic E-state index is -2.65. The molecular weight excluding hydrogens is 352 g/mol. The smallest absolute Gasteiger partial charge is 0.410 e. The number of halogens is 2. The molecule has 2 aliphatic rings. The summed E-state index contributed by atoms with van der Waals surface area (Å²) in [6.45, 7) is 6.86. The molecule has 2 fully saturated rings. The van der Waals surface area contributed by atoms with E-state index in [0.29, 0.717) is 31.0 Å². The van der Waals surface area contributed by atoms with Crippen molar-refractivity contribution in [2.24, 2.45) is 0 Å². The van der Waals surface area contributed by atoms with Gasteiger partial charge in [0.25, 0.3) is 5.92 Å². The number of nitrogen functional groups attached to an aromatic ring is 1. The van der Waals surface area contributed by atoms with Gasteiger partial charge in [0.05, 0.1) is 17.9 Å². The number of nitrogens with zero attached hydrogens (tertiary/aromatic N) is 2. The lowest BCUT2D eigenvalue weighted by Crippen LogP contribution is -2.41. The summed E-state index contributed by atoms with van der Waals surface area (Å²) in [4.78, 5) is 15.6. The number of piperidine rings is 1. The van der Waals surface area contributed by atoms with E-state index in [1.54, 1.807) is 15.9 Å². The van der Waals surface area contributed by atoms with Gasteiger partial charge in [-0.15, -0.1) is 0 Å². The molecule has 1 amide bonds. The Morgan fingerprint density at radius 3 is 2.44 bits per heavy atom. The first-order valence-corrected chi connectivity index (χ1v) is 9.54. The number of likely N-dealkylation sites (tertiary alicyclic amines) is 1. The van der Waals surface area contributed by atoms with Crippen molar-refractivity contribution in [3.8, 4) is 0 Å². The van der Waals surface area contributed by atoms with Gasteiger partial charge in [0.15, 0.2) is 0 Å². The lowest BCUT2D eigenvalue weighted by molar-refractivity contribution is 0.0203. The van der Waals surface area contributed by atoms with Crippen LogP contribution in [0.3, 0.4) is 0 Å². The maximum atomic E-state index is 13.6. The van der Waals surface area contributed by atoms with Crippen LogP contribution in [-0.2, 0) is 4.74 Å². The molecule has 0 atom stereocenters. The van der Waals surface area contributed by atoms with E-state index in [0.717, 1.165) is 18.4 Å². The second kappa shape index (κ2) is 7.17. The van der Waals surface area contributed by atoms with E-state index in [2.05, 4.69) is 0 Å². The molecule has 0 radical (unpaired) electrons. The largest absolute Gasteiger partial charge is 0.444 e. The Kier molecular flexibility index (Phi) is 5.23. The van der Waals surface area contributed by atoms with Crippen LogP contribution in [0.2, 0.25) is 0 Å². The summed E-state index contributed by atoms with van der Waals surface area (Å²) in [6, 6.07) is 5.73. The third kappa shape index (κ3) is 4.82. The Morgan fingerprint density at radius 1 is 1.22 bits per heavy atom. The predicted octanol–water partition coefficient (Wildman–Crippen LogP) is 4.23. The average Bonchev–Trinajstić information content (AvgIpc) is 2.94.